The van der Waals surface area contributed by atoms with Gasteiger partial charge in [-0.25, -0.2) is 4.79 Å². The molecule has 0 aliphatic carbocycles. The Bertz CT molecular complexity index is 1500. The van der Waals surface area contributed by atoms with Crippen LogP contribution in [0.2, 0.25) is 0 Å². The van der Waals surface area contributed by atoms with Crippen molar-refractivity contribution >= 4 is 28.9 Å². The van der Waals surface area contributed by atoms with Crippen molar-refractivity contribution in [2.75, 3.05) is 13.2 Å². The number of carbonyl (C=O) groups excluding carboxylic acids is 3. The summed E-state index contributed by atoms with van der Waals surface area (Å²) < 4.78 is 19.0. The molecule has 10 nitrogen and oxygen atoms in total. The molecule has 37 heavy (non-hydrogen) atoms. The predicted molar refractivity (Wildman–Crippen MR) is 136 cm³/mol. The molecule has 0 saturated heterocycles. The van der Waals surface area contributed by atoms with Gasteiger partial charge in [0.05, 0.1) is 0 Å². The Kier molecular flexibility index (Phi) is 6.77. The van der Waals surface area contributed by atoms with Crippen molar-refractivity contribution in [1.82, 2.24) is 14.1 Å². The third kappa shape index (κ3) is 5.32. The highest BCUT2D eigenvalue weighted by Gasteiger charge is 2.30. The van der Waals surface area contributed by atoms with Gasteiger partial charge in [-0.3, -0.25) is 9.59 Å². The fourth-order valence-corrected chi connectivity index (χ4v) is 4.03. The van der Waals surface area contributed by atoms with Gasteiger partial charge in [-0.05, 0) is 42.5 Å². The lowest BCUT2D eigenvalue weighted by atomic mass is 9.84. The molecule has 196 valence electrons. The molecule has 0 aliphatic heterocycles. The van der Waals surface area contributed by atoms with E-state index in [0.717, 1.165) is 22.2 Å². The van der Waals surface area contributed by atoms with E-state index < -0.39 is 17.9 Å². The smallest absolute Gasteiger partial charge is 0.333 e. The number of aromatic hydroxyl groups is 1. The standard InChI is InChI=1S/C27H31N3O7/c1-16(2)26(34)36-12-11-35-24(32)10-7-18-13-20(27(4,5)6)25(33)23(14-18)30-28-21-9-8-19(37-17(3)31)15-22(21)29(28)30/h8-9,13-15,33H,1,7,10-12H2,2-6H3. The molecule has 10 heteroatoms. The molecule has 0 aliphatic rings. The normalized spacial score (nSPS) is 11.8. The van der Waals surface area contributed by atoms with Crippen LogP contribution in [-0.2, 0) is 35.7 Å². The minimum atomic E-state index is -0.525. The van der Waals surface area contributed by atoms with E-state index in [1.54, 1.807) is 19.1 Å². The second-order valence-electron chi connectivity index (χ2n) is 10.0. The van der Waals surface area contributed by atoms with Crippen molar-refractivity contribution < 1.29 is 33.7 Å². The number of aromatic nitrogens is 3. The van der Waals surface area contributed by atoms with Crippen LogP contribution in [0.4, 0.5) is 0 Å². The van der Waals surface area contributed by atoms with Gasteiger partial charge in [-0.2, -0.15) is 0 Å². The van der Waals surface area contributed by atoms with Gasteiger partial charge >= 0.3 is 17.9 Å². The summed E-state index contributed by atoms with van der Waals surface area (Å²) in [5.74, 6) is -0.742. The third-order valence-electron chi connectivity index (χ3n) is 5.87. The van der Waals surface area contributed by atoms with E-state index in [0.29, 0.717) is 17.9 Å². The quantitative estimate of drug-likeness (QED) is 0.157. The lowest BCUT2D eigenvalue weighted by molar-refractivity contribution is -0.150. The number of rotatable bonds is 9. The number of carbonyl (C=O) groups is 3. The Hall–Kier alpha value is -4.21. The molecular weight excluding hydrogens is 478 g/mol. The molecule has 1 N–H and O–H groups in total. The summed E-state index contributed by atoms with van der Waals surface area (Å²) in [5, 5.41) is 11.2. The first-order valence-electron chi connectivity index (χ1n) is 12.0. The molecule has 0 saturated carbocycles. The summed E-state index contributed by atoms with van der Waals surface area (Å²) in [6, 6.07) is 9.08. The lowest BCUT2D eigenvalue weighted by Crippen LogP contribution is -2.15. The number of aryl methyl sites for hydroxylation is 1. The van der Waals surface area contributed by atoms with Crippen molar-refractivity contribution in [3.8, 4) is 17.2 Å². The topological polar surface area (TPSA) is 113 Å². The molecule has 2 aromatic carbocycles. The van der Waals surface area contributed by atoms with Gasteiger partial charge in [0.25, 0.3) is 0 Å². The molecule has 0 bridgehead atoms. The fourth-order valence-electron chi connectivity index (χ4n) is 4.03. The maximum Gasteiger partial charge on any atom is 0.333 e. The monoisotopic (exact) mass is 509 g/mol. The molecule has 0 spiro atoms. The number of esters is 3. The second-order valence-corrected chi connectivity index (χ2v) is 10.0. The van der Waals surface area contributed by atoms with Gasteiger partial charge in [-0.15, -0.1) is 14.1 Å². The fraction of sp³-hybridized carbons (Fsp3) is 0.370. The molecule has 0 unspecified atom stereocenters. The number of benzene rings is 2. The van der Waals surface area contributed by atoms with Gasteiger partial charge in [0.2, 0.25) is 0 Å². The Morgan fingerprint density at radius 2 is 1.65 bits per heavy atom. The highest BCUT2D eigenvalue weighted by molar-refractivity contribution is 5.87. The number of fused-ring (bicyclic) bond motifs is 4. The van der Waals surface area contributed by atoms with Gasteiger partial charge in [-0.1, -0.05) is 33.4 Å². The summed E-state index contributed by atoms with van der Waals surface area (Å²) in [7, 11) is 0. The van der Waals surface area contributed by atoms with Crippen LogP contribution in [0.5, 0.6) is 11.5 Å². The van der Waals surface area contributed by atoms with E-state index in [9.17, 15) is 19.5 Å². The molecular formula is C27H31N3O7. The van der Waals surface area contributed by atoms with Crippen LogP contribution in [0, 0.1) is 0 Å². The molecule has 4 rings (SSSR count). The maximum atomic E-state index is 12.3. The van der Waals surface area contributed by atoms with Gasteiger partial charge in [0.15, 0.2) is 0 Å². The zero-order valence-corrected chi connectivity index (χ0v) is 21.7. The van der Waals surface area contributed by atoms with Crippen molar-refractivity contribution in [3.05, 3.63) is 53.6 Å². The average Bonchev–Trinajstić information content (AvgIpc) is 3.47. The van der Waals surface area contributed by atoms with Crippen LogP contribution in [-0.4, -0.2) is 50.3 Å². The number of phenolic OH excluding ortho intramolecular Hbond substituents is 1. The zero-order chi connectivity index (χ0) is 27.1. The van der Waals surface area contributed by atoms with E-state index >= 15 is 0 Å². The molecule has 0 radical (unpaired) electrons. The van der Waals surface area contributed by atoms with Gasteiger partial charge < -0.3 is 19.3 Å². The van der Waals surface area contributed by atoms with Crippen LogP contribution in [0.15, 0.2) is 42.5 Å². The third-order valence-corrected chi connectivity index (χ3v) is 5.87. The SMILES string of the molecule is C=C(C)C(=O)OCCOC(=O)CCc1cc(-n2n3c4ccc(OC(C)=O)cc4n23)c(O)c(C(C)(C)C)c1. The number of hydrogen-bond donors (Lipinski definition) is 1. The Balaban J connectivity index is 1.53. The molecule has 2 heterocycles. The van der Waals surface area contributed by atoms with Crippen LogP contribution in [0.25, 0.3) is 16.7 Å². The average molecular weight is 510 g/mol. The first kappa shape index (κ1) is 25.9. The molecule has 0 atom stereocenters. The Morgan fingerprint density at radius 3 is 2.30 bits per heavy atom. The molecule has 0 amide bonds. The van der Waals surface area contributed by atoms with Crippen LogP contribution in [0.1, 0.15) is 52.2 Å². The van der Waals surface area contributed by atoms with E-state index in [-0.39, 0.29) is 36.4 Å². The first-order chi connectivity index (χ1) is 17.4. The largest absolute Gasteiger partial charge is 0.505 e. The first-order valence-corrected chi connectivity index (χ1v) is 12.0. The summed E-state index contributed by atoms with van der Waals surface area (Å²) in [6.07, 6.45) is 0.528. The van der Waals surface area contributed by atoms with Crippen molar-refractivity contribution in [2.45, 2.75) is 52.9 Å². The van der Waals surface area contributed by atoms with Crippen LogP contribution < -0.4 is 4.74 Å². The highest BCUT2D eigenvalue weighted by Crippen LogP contribution is 2.39. The number of phenols is 1. The number of ether oxygens (including phenoxy) is 3. The van der Waals surface area contributed by atoms with Gasteiger partial charge in [0, 0.05) is 30.5 Å². The van der Waals surface area contributed by atoms with Crippen molar-refractivity contribution in [3.63, 3.8) is 0 Å². The second kappa shape index (κ2) is 9.68. The van der Waals surface area contributed by atoms with E-state index in [4.69, 9.17) is 14.2 Å². The lowest BCUT2D eigenvalue weighted by Gasteiger charge is -2.22. The van der Waals surface area contributed by atoms with E-state index in [1.807, 2.05) is 53.0 Å². The molecule has 0 fully saturated rings. The number of nitrogens with zero attached hydrogens (tertiary/aromatic N) is 3. The highest BCUT2D eigenvalue weighted by atomic mass is 16.6. The summed E-state index contributed by atoms with van der Waals surface area (Å²) in [4.78, 5) is 36.8. The summed E-state index contributed by atoms with van der Waals surface area (Å²) in [5.41, 5.74) is 3.88. The molecule has 4 aromatic rings. The Morgan fingerprint density at radius 1 is 0.973 bits per heavy atom. The van der Waals surface area contributed by atoms with Crippen LogP contribution in [0.3, 0.4) is 0 Å². The zero-order valence-electron chi connectivity index (χ0n) is 21.7. The summed E-state index contributed by atoms with van der Waals surface area (Å²) >= 11 is 0. The minimum Gasteiger partial charge on any atom is -0.505 e. The van der Waals surface area contributed by atoms with Gasteiger partial charge in [0.1, 0.15) is 41.4 Å². The van der Waals surface area contributed by atoms with Crippen molar-refractivity contribution in [1.29, 1.82) is 0 Å². The van der Waals surface area contributed by atoms with Crippen molar-refractivity contribution in [2.24, 2.45) is 0 Å². The predicted octanol–water partition coefficient (Wildman–Crippen LogP) is 3.94. The van der Waals surface area contributed by atoms with E-state index in [2.05, 4.69) is 6.58 Å². The summed E-state index contributed by atoms with van der Waals surface area (Å²) in [6.45, 7) is 12.4. The minimum absolute atomic E-state index is 0.0305. The molecule has 2 aromatic heterocycles. The number of hydrogen-bond acceptors (Lipinski definition) is 7. The Labute approximate surface area is 213 Å². The van der Waals surface area contributed by atoms with E-state index in [1.165, 1.54) is 6.92 Å². The van der Waals surface area contributed by atoms with Crippen LogP contribution >= 0.6 is 0 Å². The maximum absolute atomic E-state index is 12.3.